The Labute approximate surface area is 117 Å². The summed E-state index contributed by atoms with van der Waals surface area (Å²) in [6, 6.07) is 11.5. The molecule has 3 nitrogen and oxygen atoms in total. The Hall–Kier alpha value is -2.36. The minimum absolute atomic E-state index is 0.157. The molecule has 4 heteroatoms. The number of hydrogen-bond acceptors (Lipinski definition) is 2. The van der Waals surface area contributed by atoms with Crippen LogP contribution in [-0.2, 0) is 0 Å². The highest BCUT2D eigenvalue weighted by atomic mass is 19.1. The van der Waals surface area contributed by atoms with E-state index in [0.29, 0.717) is 0 Å². The third kappa shape index (κ3) is 3.15. The molecule has 1 atom stereocenters. The highest BCUT2D eigenvalue weighted by Crippen LogP contribution is 2.17. The van der Waals surface area contributed by atoms with Crippen LogP contribution in [0.4, 0.5) is 10.1 Å². The van der Waals surface area contributed by atoms with Crippen molar-refractivity contribution in [3.8, 4) is 0 Å². The van der Waals surface area contributed by atoms with Crippen molar-refractivity contribution in [3.63, 3.8) is 0 Å². The largest absolute Gasteiger partial charge is 0.398 e. The van der Waals surface area contributed by atoms with E-state index in [1.165, 1.54) is 12.1 Å². The highest BCUT2D eigenvalue weighted by Gasteiger charge is 2.14. The number of nitrogen functional groups attached to an aromatic ring is 1. The average molecular weight is 272 g/mol. The van der Waals surface area contributed by atoms with Crippen molar-refractivity contribution in [1.82, 2.24) is 5.32 Å². The second-order valence-corrected chi connectivity index (χ2v) is 4.84. The first-order chi connectivity index (χ1) is 9.47. The number of anilines is 1. The van der Waals surface area contributed by atoms with Crippen molar-refractivity contribution in [3.05, 3.63) is 65.0 Å². The van der Waals surface area contributed by atoms with Crippen molar-refractivity contribution in [2.75, 3.05) is 5.73 Å². The molecule has 0 aromatic heterocycles. The topological polar surface area (TPSA) is 55.1 Å². The van der Waals surface area contributed by atoms with E-state index in [1.54, 1.807) is 0 Å². The molecule has 0 aliphatic rings. The lowest BCUT2D eigenvalue weighted by Gasteiger charge is -2.15. The maximum absolute atomic E-state index is 13.2. The third-order valence-corrected chi connectivity index (χ3v) is 3.15. The molecule has 1 amide bonds. The molecular formula is C16H17FN2O. The van der Waals surface area contributed by atoms with Gasteiger partial charge in [-0.25, -0.2) is 4.39 Å². The molecule has 2 aromatic rings. The number of benzene rings is 2. The first-order valence-corrected chi connectivity index (χ1v) is 6.40. The van der Waals surface area contributed by atoms with Crippen LogP contribution in [0.15, 0.2) is 42.5 Å². The van der Waals surface area contributed by atoms with E-state index in [4.69, 9.17) is 5.73 Å². The fourth-order valence-corrected chi connectivity index (χ4v) is 2.02. The molecule has 3 N–H and O–H groups in total. The van der Waals surface area contributed by atoms with Gasteiger partial charge in [-0.15, -0.1) is 0 Å². The summed E-state index contributed by atoms with van der Waals surface area (Å²) in [4.78, 5) is 12.1. The summed E-state index contributed by atoms with van der Waals surface area (Å²) < 4.78 is 13.2. The molecule has 0 fully saturated rings. The van der Waals surface area contributed by atoms with Gasteiger partial charge in [0.2, 0.25) is 0 Å². The van der Waals surface area contributed by atoms with Gasteiger partial charge in [0.1, 0.15) is 5.82 Å². The molecule has 0 heterocycles. The molecular weight excluding hydrogens is 255 g/mol. The van der Waals surface area contributed by atoms with E-state index in [2.05, 4.69) is 5.32 Å². The number of nitrogens with two attached hydrogens (primary N) is 1. The zero-order valence-corrected chi connectivity index (χ0v) is 11.5. The van der Waals surface area contributed by atoms with Crippen LogP contribution < -0.4 is 11.1 Å². The molecule has 2 rings (SSSR count). The van der Waals surface area contributed by atoms with Crippen LogP contribution >= 0.6 is 0 Å². The van der Waals surface area contributed by atoms with E-state index in [0.717, 1.165) is 17.2 Å². The summed E-state index contributed by atoms with van der Waals surface area (Å²) in [5.74, 6) is -0.858. The monoisotopic (exact) mass is 272 g/mol. The third-order valence-electron chi connectivity index (χ3n) is 3.15. The van der Waals surface area contributed by atoms with Gasteiger partial charge in [0.15, 0.2) is 0 Å². The minimum atomic E-state index is -0.479. The summed E-state index contributed by atoms with van der Waals surface area (Å²) in [7, 11) is 0. The smallest absolute Gasteiger partial charge is 0.253 e. The molecule has 0 spiro atoms. The van der Waals surface area contributed by atoms with Crippen molar-refractivity contribution in [1.29, 1.82) is 0 Å². The van der Waals surface area contributed by atoms with Gasteiger partial charge >= 0.3 is 0 Å². The molecule has 104 valence electrons. The molecule has 2 aromatic carbocycles. The van der Waals surface area contributed by atoms with Gasteiger partial charge in [-0.05, 0) is 37.6 Å². The van der Waals surface area contributed by atoms with Gasteiger partial charge < -0.3 is 11.1 Å². The van der Waals surface area contributed by atoms with Crippen molar-refractivity contribution in [2.24, 2.45) is 0 Å². The normalized spacial score (nSPS) is 11.9. The first kappa shape index (κ1) is 14.1. The second kappa shape index (κ2) is 5.74. The van der Waals surface area contributed by atoms with Gasteiger partial charge in [-0.1, -0.05) is 29.8 Å². The van der Waals surface area contributed by atoms with Crippen LogP contribution in [0, 0.1) is 12.7 Å². The lowest BCUT2D eigenvalue weighted by atomic mass is 10.0. The molecule has 0 radical (unpaired) electrons. The Kier molecular flexibility index (Phi) is 4.03. The average Bonchev–Trinajstić information content (AvgIpc) is 2.41. The Morgan fingerprint density at radius 1 is 1.25 bits per heavy atom. The SMILES string of the molecule is Cc1cccc([C@@H](C)NC(=O)c2cc(F)ccc2N)c1. The second-order valence-electron chi connectivity index (χ2n) is 4.84. The highest BCUT2D eigenvalue weighted by molar-refractivity contribution is 5.99. The van der Waals surface area contributed by atoms with Crippen molar-refractivity contribution >= 4 is 11.6 Å². The lowest BCUT2D eigenvalue weighted by molar-refractivity contribution is 0.0940. The van der Waals surface area contributed by atoms with Crippen molar-refractivity contribution in [2.45, 2.75) is 19.9 Å². The Balaban J connectivity index is 2.17. The predicted molar refractivity (Wildman–Crippen MR) is 77.9 cm³/mol. The fourth-order valence-electron chi connectivity index (χ4n) is 2.02. The number of halogens is 1. The number of nitrogens with one attached hydrogen (secondary N) is 1. The summed E-state index contributed by atoms with van der Waals surface area (Å²) in [6.07, 6.45) is 0. The number of aryl methyl sites for hydroxylation is 1. The number of amides is 1. The lowest BCUT2D eigenvalue weighted by Crippen LogP contribution is -2.27. The van der Waals surface area contributed by atoms with Gasteiger partial charge in [0.05, 0.1) is 11.6 Å². The Bertz CT molecular complexity index is 640. The fraction of sp³-hybridized carbons (Fsp3) is 0.188. The first-order valence-electron chi connectivity index (χ1n) is 6.40. The summed E-state index contributed by atoms with van der Waals surface area (Å²) in [5.41, 5.74) is 8.24. The molecule has 0 saturated heterocycles. The summed E-state index contributed by atoms with van der Waals surface area (Å²) in [5, 5.41) is 2.82. The van der Waals surface area contributed by atoms with Crippen LogP contribution in [0.1, 0.15) is 34.5 Å². The molecule has 0 bridgehead atoms. The van der Waals surface area contributed by atoms with Crippen LogP contribution in [0.2, 0.25) is 0 Å². The van der Waals surface area contributed by atoms with Gasteiger partial charge in [-0.2, -0.15) is 0 Å². The predicted octanol–water partition coefficient (Wildman–Crippen LogP) is 3.21. The molecule has 0 aliphatic heterocycles. The van der Waals surface area contributed by atoms with E-state index in [1.807, 2.05) is 38.1 Å². The zero-order chi connectivity index (χ0) is 14.7. The van der Waals surface area contributed by atoms with E-state index in [9.17, 15) is 9.18 Å². The summed E-state index contributed by atoms with van der Waals surface area (Å²) >= 11 is 0. The number of rotatable bonds is 3. The van der Waals surface area contributed by atoms with Gasteiger partial charge in [-0.3, -0.25) is 4.79 Å². The standard InChI is InChI=1S/C16H17FN2O/c1-10-4-3-5-12(8-10)11(2)19-16(20)14-9-13(17)6-7-15(14)18/h3-9,11H,18H2,1-2H3,(H,19,20)/t11-/m1/s1. The van der Waals surface area contributed by atoms with E-state index >= 15 is 0 Å². The Morgan fingerprint density at radius 3 is 2.70 bits per heavy atom. The van der Waals surface area contributed by atoms with E-state index < -0.39 is 5.82 Å². The number of hydrogen-bond donors (Lipinski definition) is 2. The van der Waals surface area contributed by atoms with Gasteiger partial charge in [0.25, 0.3) is 5.91 Å². The number of carbonyl (C=O) groups excluding carboxylic acids is 1. The zero-order valence-electron chi connectivity index (χ0n) is 11.5. The van der Waals surface area contributed by atoms with Crippen LogP contribution in [0.3, 0.4) is 0 Å². The molecule has 0 aliphatic carbocycles. The Morgan fingerprint density at radius 2 is 2.00 bits per heavy atom. The van der Waals surface area contributed by atoms with Gasteiger partial charge in [0, 0.05) is 5.69 Å². The van der Waals surface area contributed by atoms with Crippen LogP contribution in [0.5, 0.6) is 0 Å². The maximum atomic E-state index is 13.2. The van der Waals surface area contributed by atoms with Crippen LogP contribution in [0.25, 0.3) is 0 Å². The van der Waals surface area contributed by atoms with Crippen molar-refractivity contribution < 1.29 is 9.18 Å². The number of carbonyl (C=O) groups is 1. The molecule has 20 heavy (non-hydrogen) atoms. The minimum Gasteiger partial charge on any atom is -0.398 e. The van der Waals surface area contributed by atoms with Crippen LogP contribution in [-0.4, -0.2) is 5.91 Å². The molecule has 0 unspecified atom stereocenters. The quantitative estimate of drug-likeness (QED) is 0.843. The maximum Gasteiger partial charge on any atom is 0.253 e. The van der Waals surface area contributed by atoms with E-state index in [-0.39, 0.29) is 23.2 Å². The molecule has 0 saturated carbocycles. The summed E-state index contributed by atoms with van der Waals surface area (Å²) in [6.45, 7) is 3.87.